The Balaban J connectivity index is 1.37. The Kier molecular flexibility index (Phi) is 6.90. The molecule has 2 aliphatic rings. The highest BCUT2D eigenvalue weighted by Gasteiger charge is 2.37. The number of hydrogen-bond acceptors (Lipinski definition) is 6. The molecule has 10 nitrogen and oxygen atoms in total. The van der Waals surface area contributed by atoms with E-state index >= 15 is 0 Å². The van der Waals surface area contributed by atoms with Gasteiger partial charge in [-0.25, -0.2) is 18.4 Å². The standard InChI is InChI=1S/C24H26F4N8O2/c1-13(37)33-6-4-15(5-7-33)34-10-16(11-34)35-12-18(20(32-35)22(25)26)17-2-3-19(31-21(17)23(29)38)14-8-30-36(9-14)24(27)28/h2-3,8-9,12,15-16,22,24H,4-7,10-11H2,1H3,(H2,29,38). The number of rotatable bonds is 7. The molecule has 5 heterocycles. The molecule has 0 aromatic carbocycles. The average Bonchev–Trinajstić information content (AvgIpc) is 3.51. The van der Waals surface area contributed by atoms with Crippen molar-refractivity contribution in [3.8, 4) is 22.4 Å². The summed E-state index contributed by atoms with van der Waals surface area (Å²) in [4.78, 5) is 32.1. The van der Waals surface area contributed by atoms with E-state index in [1.165, 1.54) is 23.0 Å². The van der Waals surface area contributed by atoms with Crippen LogP contribution in [0.2, 0.25) is 0 Å². The van der Waals surface area contributed by atoms with E-state index in [1.54, 1.807) is 6.92 Å². The number of aromatic nitrogens is 5. The van der Waals surface area contributed by atoms with E-state index in [0.717, 1.165) is 25.2 Å². The van der Waals surface area contributed by atoms with E-state index in [2.05, 4.69) is 20.1 Å². The van der Waals surface area contributed by atoms with Gasteiger partial charge in [-0.1, -0.05) is 0 Å². The lowest BCUT2D eigenvalue weighted by molar-refractivity contribution is -0.130. The van der Waals surface area contributed by atoms with Crippen LogP contribution in [0.4, 0.5) is 17.6 Å². The zero-order valence-corrected chi connectivity index (χ0v) is 20.5. The van der Waals surface area contributed by atoms with Crippen molar-refractivity contribution in [3.63, 3.8) is 0 Å². The van der Waals surface area contributed by atoms with E-state index in [4.69, 9.17) is 5.73 Å². The highest BCUT2D eigenvalue weighted by molar-refractivity contribution is 5.98. The molecular weight excluding hydrogens is 508 g/mol. The fraction of sp³-hybridized carbons (Fsp3) is 0.458. The zero-order valence-electron chi connectivity index (χ0n) is 20.5. The molecule has 0 bridgehead atoms. The molecule has 14 heteroatoms. The lowest BCUT2D eigenvalue weighted by Crippen LogP contribution is -2.56. The predicted octanol–water partition coefficient (Wildman–Crippen LogP) is 3.11. The minimum atomic E-state index is -2.91. The van der Waals surface area contributed by atoms with Gasteiger partial charge in [0.2, 0.25) is 5.91 Å². The molecule has 3 aromatic rings. The SMILES string of the molecule is CC(=O)N1CCC(N2CC(n3cc(-c4ccc(-c5cnn(C(F)F)c5)nc4C(N)=O)c(C(F)F)n3)C2)CC1. The summed E-state index contributed by atoms with van der Waals surface area (Å²) >= 11 is 0. The van der Waals surface area contributed by atoms with Crippen molar-refractivity contribution < 1.29 is 27.2 Å². The van der Waals surface area contributed by atoms with Crippen LogP contribution < -0.4 is 5.73 Å². The van der Waals surface area contributed by atoms with Gasteiger partial charge < -0.3 is 10.6 Å². The largest absolute Gasteiger partial charge is 0.364 e. The molecule has 3 aromatic heterocycles. The number of carbonyl (C=O) groups excluding carboxylic acids is 2. The van der Waals surface area contributed by atoms with Crippen LogP contribution in [0, 0.1) is 0 Å². The quantitative estimate of drug-likeness (QED) is 0.466. The molecule has 2 amide bonds. The van der Waals surface area contributed by atoms with E-state index in [0.29, 0.717) is 36.9 Å². The number of likely N-dealkylation sites (tertiary alicyclic amines) is 2. The van der Waals surface area contributed by atoms with Crippen molar-refractivity contribution in [1.29, 1.82) is 0 Å². The van der Waals surface area contributed by atoms with Crippen molar-refractivity contribution in [2.45, 2.75) is 44.8 Å². The van der Waals surface area contributed by atoms with Gasteiger partial charge in [0.25, 0.3) is 12.3 Å². The number of nitrogens with two attached hydrogens (primary N) is 1. The molecule has 202 valence electrons. The topological polar surface area (TPSA) is 115 Å². The number of pyridine rings is 1. The number of piperidine rings is 1. The van der Waals surface area contributed by atoms with Gasteiger partial charge in [-0.3, -0.25) is 19.2 Å². The van der Waals surface area contributed by atoms with Gasteiger partial charge >= 0.3 is 6.55 Å². The summed E-state index contributed by atoms with van der Waals surface area (Å²) in [6.07, 6.45) is 2.49. The van der Waals surface area contributed by atoms with Crippen LogP contribution in [0.15, 0.2) is 30.7 Å². The van der Waals surface area contributed by atoms with Crippen molar-refractivity contribution in [2.75, 3.05) is 26.2 Å². The van der Waals surface area contributed by atoms with Gasteiger partial charge in [-0.15, -0.1) is 0 Å². The van der Waals surface area contributed by atoms with Crippen molar-refractivity contribution >= 4 is 11.8 Å². The van der Waals surface area contributed by atoms with E-state index in [9.17, 15) is 27.2 Å². The summed E-state index contributed by atoms with van der Waals surface area (Å²) in [5.74, 6) is -0.891. The maximum absolute atomic E-state index is 14.0. The van der Waals surface area contributed by atoms with Gasteiger partial charge in [0.15, 0.2) is 0 Å². The smallest absolute Gasteiger partial charge is 0.333 e. The minimum absolute atomic E-state index is 0.0318. The number of carbonyl (C=O) groups is 2. The first-order chi connectivity index (χ1) is 18.1. The molecule has 0 atom stereocenters. The highest BCUT2D eigenvalue weighted by atomic mass is 19.3. The van der Waals surface area contributed by atoms with Crippen LogP contribution >= 0.6 is 0 Å². The van der Waals surface area contributed by atoms with Crippen LogP contribution in [0.25, 0.3) is 22.4 Å². The number of hydrogen-bond donors (Lipinski definition) is 1. The molecule has 0 radical (unpaired) electrons. The van der Waals surface area contributed by atoms with Crippen LogP contribution in [0.1, 0.15) is 55.0 Å². The molecule has 0 unspecified atom stereocenters. The molecule has 2 saturated heterocycles. The lowest BCUT2D eigenvalue weighted by atomic mass is 9.97. The van der Waals surface area contributed by atoms with Gasteiger partial charge in [-0.05, 0) is 25.0 Å². The number of amides is 2. The molecule has 2 N–H and O–H groups in total. The van der Waals surface area contributed by atoms with Crippen molar-refractivity contribution in [1.82, 2.24) is 34.3 Å². The zero-order chi connectivity index (χ0) is 27.1. The summed E-state index contributed by atoms with van der Waals surface area (Å²) in [7, 11) is 0. The van der Waals surface area contributed by atoms with Gasteiger partial charge in [0.05, 0.1) is 17.9 Å². The summed E-state index contributed by atoms with van der Waals surface area (Å²) in [6, 6.07) is 3.03. The monoisotopic (exact) mass is 534 g/mol. The number of primary amides is 1. The van der Waals surface area contributed by atoms with Crippen LogP contribution in [-0.2, 0) is 4.79 Å². The molecule has 5 rings (SSSR count). The maximum Gasteiger partial charge on any atom is 0.333 e. The third-order valence-electron chi connectivity index (χ3n) is 7.17. The maximum atomic E-state index is 14.0. The van der Waals surface area contributed by atoms with Crippen molar-refractivity contribution in [2.24, 2.45) is 5.73 Å². The van der Waals surface area contributed by atoms with Crippen LogP contribution in [0.3, 0.4) is 0 Å². The Morgan fingerprint density at radius 2 is 1.74 bits per heavy atom. The minimum Gasteiger partial charge on any atom is -0.364 e. The first-order valence-corrected chi connectivity index (χ1v) is 12.1. The molecule has 38 heavy (non-hydrogen) atoms. The Morgan fingerprint density at radius 1 is 1.03 bits per heavy atom. The molecule has 2 fully saturated rings. The second-order valence-electron chi connectivity index (χ2n) is 9.50. The number of nitrogens with zero attached hydrogens (tertiary/aromatic N) is 7. The molecule has 0 spiro atoms. The normalized spacial score (nSPS) is 17.4. The predicted molar refractivity (Wildman–Crippen MR) is 127 cm³/mol. The third-order valence-corrected chi connectivity index (χ3v) is 7.17. The highest BCUT2D eigenvalue weighted by Crippen LogP contribution is 2.36. The summed E-state index contributed by atoms with van der Waals surface area (Å²) in [6.45, 7) is 1.36. The second kappa shape index (κ2) is 10.2. The molecular formula is C24H26F4N8O2. The van der Waals surface area contributed by atoms with Gasteiger partial charge in [0.1, 0.15) is 11.4 Å². The average molecular weight is 535 g/mol. The van der Waals surface area contributed by atoms with Crippen LogP contribution in [0.5, 0.6) is 0 Å². The van der Waals surface area contributed by atoms with Gasteiger partial charge in [0, 0.05) is 68.2 Å². The number of alkyl halides is 4. The van der Waals surface area contributed by atoms with E-state index in [1.807, 2.05) is 4.90 Å². The summed E-state index contributed by atoms with van der Waals surface area (Å²) in [5.41, 5.74) is 5.22. The Bertz CT molecular complexity index is 1340. The molecule has 0 aliphatic carbocycles. The van der Waals surface area contributed by atoms with Crippen LogP contribution in [-0.4, -0.2) is 78.4 Å². The Morgan fingerprint density at radius 3 is 2.32 bits per heavy atom. The van der Waals surface area contributed by atoms with E-state index < -0.39 is 24.6 Å². The summed E-state index contributed by atoms with van der Waals surface area (Å²) < 4.78 is 55.7. The fourth-order valence-corrected chi connectivity index (χ4v) is 5.06. The Hall–Kier alpha value is -3.81. The second-order valence-corrected chi connectivity index (χ2v) is 9.50. The van der Waals surface area contributed by atoms with Crippen molar-refractivity contribution in [3.05, 3.63) is 42.1 Å². The Labute approximate surface area is 215 Å². The first kappa shape index (κ1) is 25.8. The number of halogens is 4. The summed E-state index contributed by atoms with van der Waals surface area (Å²) in [5, 5.41) is 7.69. The fourth-order valence-electron chi connectivity index (χ4n) is 5.06. The molecule has 0 saturated carbocycles. The lowest BCUT2D eigenvalue weighted by Gasteiger charge is -2.47. The van der Waals surface area contributed by atoms with Gasteiger partial charge in [-0.2, -0.15) is 19.0 Å². The van der Waals surface area contributed by atoms with E-state index in [-0.39, 0.29) is 40.0 Å². The first-order valence-electron chi connectivity index (χ1n) is 12.1. The molecule has 2 aliphatic heterocycles. The third kappa shape index (κ3) is 4.87.